The summed E-state index contributed by atoms with van der Waals surface area (Å²) in [6, 6.07) is -0.548. The Kier molecular flexibility index (Phi) is 4.51. The van der Waals surface area contributed by atoms with Crippen molar-refractivity contribution in [1.82, 2.24) is 10.2 Å². The molecule has 0 radical (unpaired) electrons. The molecule has 21 heavy (non-hydrogen) atoms. The molecule has 2 atom stereocenters. The molecule has 2 aliphatic carbocycles. The van der Waals surface area contributed by atoms with Gasteiger partial charge in [-0.2, -0.15) is 0 Å². The van der Waals surface area contributed by atoms with E-state index in [1.54, 1.807) is 0 Å². The molecule has 3 aliphatic rings. The Labute approximate surface area is 127 Å². The second-order valence-electron chi connectivity index (χ2n) is 7.18. The van der Waals surface area contributed by atoms with Gasteiger partial charge in [0, 0.05) is 6.54 Å². The van der Waals surface area contributed by atoms with Gasteiger partial charge in [0.2, 0.25) is 11.8 Å². The van der Waals surface area contributed by atoms with Crippen LogP contribution in [0.25, 0.3) is 0 Å². The smallest absolute Gasteiger partial charge is 0.246 e. The number of nitrogens with one attached hydrogen (secondary N) is 1. The quantitative estimate of drug-likeness (QED) is 0.865. The normalized spacial score (nSPS) is 32.0. The van der Waals surface area contributed by atoms with Crippen LogP contribution in [0.3, 0.4) is 0 Å². The van der Waals surface area contributed by atoms with Gasteiger partial charge in [0.15, 0.2) is 0 Å². The van der Waals surface area contributed by atoms with Crippen molar-refractivity contribution in [1.29, 1.82) is 0 Å². The zero-order chi connectivity index (χ0) is 14.8. The Morgan fingerprint density at radius 3 is 2.38 bits per heavy atom. The third-order valence-electron chi connectivity index (χ3n) is 5.82. The first-order chi connectivity index (χ1) is 10.2. The van der Waals surface area contributed by atoms with Crippen molar-refractivity contribution in [3.8, 4) is 0 Å². The molecule has 1 aliphatic heterocycles. The van der Waals surface area contributed by atoms with Crippen LogP contribution in [0, 0.1) is 11.8 Å². The molecule has 0 aromatic rings. The van der Waals surface area contributed by atoms with Gasteiger partial charge in [0.1, 0.15) is 12.1 Å². The van der Waals surface area contributed by atoms with Crippen molar-refractivity contribution < 1.29 is 9.59 Å². The lowest BCUT2D eigenvalue weighted by atomic mass is 9.81. The number of rotatable bonds is 4. The standard InChI is InChI=1S/C17H28N2O2/c1-12-16(20)18-15(14-8-3-2-4-9-14)17(21)19(12)11-10-13-6-5-7-13/h12-15H,2-11H2,1H3,(H,18,20). The molecule has 0 aromatic carbocycles. The van der Waals surface area contributed by atoms with Gasteiger partial charge < -0.3 is 10.2 Å². The lowest BCUT2D eigenvalue weighted by molar-refractivity contribution is -0.150. The van der Waals surface area contributed by atoms with E-state index in [1.807, 2.05) is 11.8 Å². The van der Waals surface area contributed by atoms with Crippen molar-refractivity contribution in [2.24, 2.45) is 11.8 Å². The summed E-state index contributed by atoms with van der Waals surface area (Å²) in [6.07, 6.45) is 10.8. The highest BCUT2D eigenvalue weighted by atomic mass is 16.2. The summed E-state index contributed by atoms with van der Waals surface area (Å²) in [5, 5.41) is 3.00. The number of carbonyl (C=O) groups excluding carboxylic acids is 2. The third-order valence-corrected chi connectivity index (χ3v) is 5.82. The van der Waals surface area contributed by atoms with E-state index in [4.69, 9.17) is 0 Å². The summed E-state index contributed by atoms with van der Waals surface area (Å²) in [5.41, 5.74) is 0. The zero-order valence-electron chi connectivity index (χ0n) is 13.1. The van der Waals surface area contributed by atoms with Crippen molar-refractivity contribution >= 4 is 11.8 Å². The highest BCUT2D eigenvalue weighted by molar-refractivity contribution is 5.96. The molecule has 118 valence electrons. The number of carbonyl (C=O) groups is 2. The van der Waals surface area contributed by atoms with E-state index in [0.29, 0.717) is 5.92 Å². The molecule has 2 amide bonds. The third kappa shape index (κ3) is 3.09. The molecule has 0 aromatic heterocycles. The topological polar surface area (TPSA) is 49.4 Å². The summed E-state index contributed by atoms with van der Waals surface area (Å²) in [5.74, 6) is 1.35. The summed E-state index contributed by atoms with van der Waals surface area (Å²) in [6.45, 7) is 2.63. The van der Waals surface area contributed by atoms with E-state index in [1.165, 1.54) is 38.5 Å². The fourth-order valence-electron chi connectivity index (χ4n) is 4.04. The van der Waals surface area contributed by atoms with Crippen LogP contribution in [0.4, 0.5) is 0 Å². The fraction of sp³-hybridized carbons (Fsp3) is 0.882. The van der Waals surface area contributed by atoms with Crippen LogP contribution in [0.2, 0.25) is 0 Å². The molecule has 1 N–H and O–H groups in total. The molecular formula is C17H28N2O2. The number of piperazine rings is 1. The predicted molar refractivity (Wildman–Crippen MR) is 81.6 cm³/mol. The van der Waals surface area contributed by atoms with Crippen LogP contribution in [-0.4, -0.2) is 35.3 Å². The first-order valence-corrected chi connectivity index (χ1v) is 8.77. The fourth-order valence-corrected chi connectivity index (χ4v) is 4.04. The average molecular weight is 292 g/mol. The van der Waals surface area contributed by atoms with E-state index in [-0.39, 0.29) is 23.9 Å². The van der Waals surface area contributed by atoms with Crippen LogP contribution in [-0.2, 0) is 9.59 Å². The first-order valence-electron chi connectivity index (χ1n) is 8.77. The minimum atomic E-state index is -0.294. The van der Waals surface area contributed by atoms with Crippen molar-refractivity contribution in [2.45, 2.75) is 76.8 Å². The largest absolute Gasteiger partial charge is 0.342 e. The molecule has 1 saturated heterocycles. The van der Waals surface area contributed by atoms with Crippen LogP contribution < -0.4 is 5.32 Å². The zero-order valence-corrected chi connectivity index (χ0v) is 13.1. The highest BCUT2D eigenvalue weighted by Gasteiger charge is 2.41. The number of amides is 2. The minimum absolute atomic E-state index is 0.0405. The molecule has 2 unspecified atom stereocenters. The van der Waals surface area contributed by atoms with Gasteiger partial charge in [-0.05, 0) is 38.0 Å². The molecule has 0 bridgehead atoms. The second kappa shape index (κ2) is 6.37. The van der Waals surface area contributed by atoms with Crippen LogP contribution in [0.15, 0.2) is 0 Å². The van der Waals surface area contributed by atoms with Gasteiger partial charge in [-0.3, -0.25) is 9.59 Å². The van der Waals surface area contributed by atoms with Crippen molar-refractivity contribution in [2.75, 3.05) is 6.54 Å². The maximum atomic E-state index is 12.8. The van der Waals surface area contributed by atoms with Gasteiger partial charge in [0.05, 0.1) is 0 Å². The molecule has 4 heteroatoms. The second-order valence-corrected chi connectivity index (χ2v) is 7.18. The van der Waals surface area contributed by atoms with Crippen LogP contribution in [0.1, 0.15) is 64.7 Å². The van der Waals surface area contributed by atoms with Gasteiger partial charge in [-0.15, -0.1) is 0 Å². The van der Waals surface area contributed by atoms with Crippen molar-refractivity contribution in [3.05, 3.63) is 0 Å². The lowest BCUT2D eigenvalue weighted by Crippen LogP contribution is -2.64. The van der Waals surface area contributed by atoms with Gasteiger partial charge in [-0.25, -0.2) is 0 Å². The Bertz CT molecular complexity index is 400. The molecule has 4 nitrogen and oxygen atoms in total. The van der Waals surface area contributed by atoms with E-state index in [9.17, 15) is 9.59 Å². The summed E-state index contributed by atoms with van der Waals surface area (Å²) in [4.78, 5) is 26.9. The average Bonchev–Trinajstić information content (AvgIpc) is 2.45. The number of hydrogen-bond acceptors (Lipinski definition) is 2. The van der Waals surface area contributed by atoms with E-state index >= 15 is 0 Å². The number of hydrogen-bond donors (Lipinski definition) is 1. The molecular weight excluding hydrogens is 264 g/mol. The van der Waals surface area contributed by atoms with Crippen LogP contribution in [0.5, 0.6) is 0 Å². The Hall–Kier alpha value is -1.06. The maximum Gasteiger partial charge on any atom is 0.246 e. The lowest BCUT2D eigenvalue weighted by Gasteiger charge is -2.42. The Balaban J connectivity index is 1.64. The first kappa shape index (κ1) is 14.9. The van der Waals surface area contributed by atoms with E-state index < -0.39 is 0 Å². The molecule has 2 saturated carbocycles. The van der Waals surface area contributed by atoms with Gasteiger partial charge >= 0.3 is 0 Å². The maximum absolute atomic E-state index is 12.8. The number of nitrogens with zero attached hydrogens (tertiary/aromatic N) is 1. The molecule has 1 heterocycles. The Morgan fingerprint density at radius 2 is 1.76 bits per heavy atom. The van der Waals surface area contributed by atoms with Crippen LogP contribution >= 0.6 is 0 Å². The summed E-state index contributed by atoms with van der Waals surface area (Å²) >= 11 is 0. The molecule has 0 spiro atoms. The van der Waals surface area contributed by atoms with E-state index in [2.05, 4.69) is 5.32 Å². The molecule has 3 rings (SSSR count). The SMILES string of the molecule is CC1C(=O)NC(C2CCCCC2)C(=O)N1CCC1CCC1. The highest BCUT2D eigenvalue weighted by Crippen LogP contribution is 2.32. The van der Waals surface area contributed by atoms with Gasteiger partial charge in [0.25, 0.3) is 0 Å². The summed E-state index contributed by atoms with van der Waals surface area (Å²) < 4.78 is 0. The van der Waals surface area contributed by atoms with E-state index in [0.717, 1.165) is 31.7 Å². The molecule has 3 fully saturated rings. The Morgan fingerprint density at radius 1 is 1.05 bits per heavy atom. The minimum Gasteiger partial charge on any atom is -0.342 e. The van der Waals surface area contributed by atoms with Crippen molar-refractivity contribution in [3.63, 3.8) is 0 Å². The van der Waals surface area contributed by atoms with Gasteiger partial charge in [-0.1, -0.05) is 38.5 Å². The predicted octanol–water partition coefficient (Wildman–Crippen LogP) is 2.47. The monoisotopic (exact) mass is 292 g/mol. The summed E-state index contributed by atoms with van der Waals surface area (Å²) in [7, 11) is 0.